The Morgan fingerprint density at radius 2 is 0.810 bits per heavy atom. The van der Waals surface area contributed by atoms with E-state index < -0.39 is 6.89 Å². The van der Waals surface area contributed by atoms with E-state index in [0.29, 0.717) is 0 Å². The molecule has 3 aliphatic rings. The minimum atomic E-state index is -0.964. The molecule has 2 heteroatoms. The molecule has 0 atom stereocenters. The maximum absolute atomic E-state index is 4.96. The van der Waals surface area contributed by atoms with Crippen molar-refractivity contribution in [2.45, 2.75) is 113 Å². The van der Waals surface area contributed by atoms with Gasteiger partial charge in [0.15, 0.2) is 0 Å². The Bertz CT molecular complexity index is 305. The van der Waals surface area contributed by atoms with Gasteiger partial charge in [-0.3, -0.25) is 0 Å². The van der Waals surface area contributed by atoms with Crippen molar-refractivity contribution >= 4 is 24.6 Å². The van der Waals surface area contributed by atoms with E-state index in [1.54, 1.807) is 0 Å². The molecule has 3 aliphatic carbocycles. The highest BCUT2D eigenvalue weighted by molar-refractivity contribution is 8.06. The molecule has 122 valence electrons. The van der Waals surface area contributed by atoms with E-state index >= 15 is 0 Å². The average Bonchev–Trinajstić information content (AvgIpc) is 2.59. The highest BCUT2D eigenvalue weighted by Crippen LogP contribution is 2.69. The number of hydrogen-bond acceptors (Lipinski definition) is 0. The van der Waals surface area contributed by atoms with Crippen LogP contribution in [-0.4, -0.2) is 22.1 Å². The molecule has 0 nitrogen and oxygen atoms in total. The lowest BCUT2D eigenvalue weighted by atomic mass is 9.99. The number of rotatable bonds is 3. The second-order valence-electron chi connectivity index (χ2n) is 7.89. The fourth-order valence-corrected chi connectivity index (χ4v) is 13.6. The van der Waals surface area contributed by atoms with Gasteiger partial charge in [0.05, 0.1) is 0 Å². The average molecular weight is 327 g/mol. The van der Waals surface area contributed by atoms with Gasteiger partial charge in [-0.2, -0.15) is 12.6 Å². The normalized spacial score (nSPS) is 27.7. The fraction of sp³-hybridized carbons (Fsp3) is 0.947. The molecular formula is C19H35PS. The monoisotopic (exact) mass is 326 g/mol. The van der Waals surface area contributed by atoms with E-state index in [4.69, 9.17) is 12.6 Å². The van der Waals surface area contributed by atoms with Crippen molar-refractivity contribution in [2.24, 2.45) is 0 Å². The molecule has 0 radical (unpaired) electrons. The zero-order valence-electron chi connectivity index (χ0n) is 13.8. The van der Waals surface area contributed by atoms with Crippen molar-refractivity contribution in [1.82, 2.24) is 0 Å². The molecule has 0 amide bonds. The van der Waals surface area contributed by atoms with E-state index in [9.17, 15) is 0 Å². The Kier molecular flexibility index (Phi) is 6.26. The molecule has 3 rings (SSSR count). The zero-order valence-corrected chi connectivity index (χ0v) is 15.6. The first-order valence-electron chi connectivity index (χ1n) is 9.74. The van der Waals surface area contributed by atoms with E-state index in [-0.39, 0.29) is 0 Å². The quantitative estimate of drug-likeness (QED) is 0.433. The van der Waals surface area contributed by atoms with Gasteiger partial charge in [-0.25, -0.2) is 0 Å². The minimum Gasteiger partial charge on any atom is -0.151 e. The van der Waals surface area contributed by atoms with Gasteiger partial charge >= 0.3 is 0 Å². The first-order valence-corrected chi connectivity index (χ1v) is 12.3. The third kappa shape index (κ3) is 3.45. The lowest BCUT2D eigenvalue weighted by Crippen LogP contribution is -2.32. The number of thiol groups is 1. The third-order valence-electron chi connectivity index (χ3n) is 6.82. The van der Waals surface area contributed by atoms with Crippen LogP contribution in [0.3, 0.4) is 0 Å². The predicted octanol–water partition coefficient (Wildman–Crippen LogP) is 6.69. The minimum absolute atomic E-state index is 0.964. The van der Waals surface area contributed by atoms with Crippen molar-refractivity contribution in [3.8, 4) is 0 Å². The SMILES string of the molecule is SC=P(C1CCCCC1)(C1CCCCC1)C1CCCCC1. The van der Waals surface area contributed by atoms with E-state index in [2.05, 4.69) is 5.13 Å². The van der Waals surface area contributed by atoms with Crippen LogP contribution in [0.4, 0.5) is 0 Å². The van der Waals surface area contributed by atoms with Crippen molar-refractivity contribution in [2.75, 3.05) is 0 Å². The molecular weight excluding hydrogens is 291 g/mol. The van der Waals surface area contributed by atoms with Crippen molar-refractivity contribution < 1.29 is 0 Å². The molecule has 0 saturated heterocycles. The first-order chi connectivity index (χ1) is 10.4. The van der Waals surface area contributed by atoms with Gasteiger partial charge in [-0.05, 0) is 60.6 Å². The number of hydrogen-bond donors (Lipinski definition) is 1. The molecule has 0 unspecified atom stereocenters. The molecule has 0 spiro atoms. The van der Waals surface area contributed by atoms with Gasteiger partial charge in [0.1, 0.15) is 0 Å². The van der Waals surface area contributed by atoms with E-state index in [1.807, 2.05) is 0 Å². The highest BCUT2D eigenvalue weighted by atomic mass is 32.1. The first kappa shape index (κ1) is 16.5. The van der Waals surface area contributed by atoms with Crippen LogP contribution in [0, 0.1) is 0 Å². The molecule has 21 heavy (non-hydrogen) atoms. The summed E-state index contributed by atoms with van der Waals surface area (Å²) in [6.45, 7) is -0.964. The summed E-state index contributed by atoms with van der Waals surface area (Å²) in [5.41, 5.74) is 3.19. The van der Waals surface area contributed by atoms with Crippen LogP contribution in [0.25, 0.3) is 0 Å². The summed E-state index contributed by atoms with van der Waals surface area (Å²) in [5.74, 6) is 0. The van der Waals surface area contributed by atoms with Crippen LogP contribution in [0.1, 0.15) is 96.3 Å². The lowest BCUT2D eigenvalue weighted by Gasteiger charge is -2.50. The summed E-state index contributed by atoms with van der Waals surface area (Å²) in [5, 5.41) is 2.56. The van der Waals surface area contributed by atoms with Gasteiger partial charge in [-0.15, -0.1) is 0 Å². The maximum atomic E-state index is 4.96. The summed E-state index contributed by atoms with van der Waals surface area (Å²) in [6.07, 6.45) is 22.8. The van der Waals surface area contributed by atoms with Crippen molar-refractivity contribution in [3.05, 3.63) is 0 Å². The molecule has 3 saturated carbocycles. The second kappa shape index (κ2) is 7.96. The Morgan fingerprint density at radius 1 is 0.524 bits per heavy atom. The summed E-state index contributed by atoms with van der Waals surface area (Å²) in [4.78, 5) is 0. The second-order valence-corrected chi connectivity index (χ2v) is 12.8. The van der Waals surface area contributed by atoms with Gasteiger partial charge < -0.3 is 0 Å². The van der Waals surface area contributed by atoms with Crippen LogP contribution in [0.15, 0.2) is 0 Å². The molecule has 0 aromatic heterocycles. The van der Waals surface area contributed by atoms with Gasteiger partial charge in [0.25, 0.3) is 0 Å². The molecule has 0 aliphatic heterocycles. The zero-order chi connectivity index (χ0) is 14.5. The fourth-order valence-electron chi connectivity index (χ4n) is 5.76. The Labute approximate surface area is 138 Å². The van der Waals surface area contributed by atoms with Crippen LogP contribution in [0.5, 0.6) is 0 Å². The summed E-state index contributed by atoms with van der Waals surface area (Å²) >= 11 is 4.96. The molecule has 0 aromatic rings. The van der Waals surface area contributed by atoms with Crippen molar-refractivity contribution in [1.29, 1.82) is 0 Å². The van der Waals surface area contributed by atoms with E-state index in [1.165, 1.54) is 96.3 Å². The largest absolute Gasteiger partial charge is 0.151 e. The highest BCUT2D eigenvalue weighted by Gasteiger charge is 2.41. The van der Waals surface area contributed by atoms with Crippen LogP contribution in [0.2, 0.25) is 0 Å². The van der Waals surface area contributed by atoms with Crippen LogP contribution in [-0.2, 0) is 0 Å². The van der Waals surface area contributed by atoms with Crippen molar-refractivity contribution in [3.63, 3.8) is 0 Å². The Hall–Kier alpha value is 0.650. The summed E-state index contributed by atoms with van der Waals surface area (Å²) in [7, 11) is 0. The van der Waals surface area contributed by atoms with E-state index in [0.717, 1.165) is 17.0 Å². The van der Waals surface area contributed by atoms with Crippen LogP contribution >= 0.6 is 19.5 Å². The Morgan fingerprint density at radius 3 is 1.05 bits per heavy atom. The van der Waals surface area contributed by atoms with Gasteiger partial charge in [-0.1, -0.05) is 64.7 Å². The molecule has 0 bridgehead atoms. The molecule has 0 heterocycles. The van der Waals surface area contributed by atoms with Crippen LogP contribution < -0.4 is 0 Å². The smallest absolute Gasteiger partial charge is 0.0201 e. The third-order valence-corrected chi connectivity index (χ3v) is 13.8. The Balaban J connectivity index is 1.90. The van der Waals surface area contributed by atoms with Gasteiger partial charge in [0.2, 0.25) is 0 Å². The standard InChI is InChI=1S/C19H35PS/c21-16-20(17-10-4-1-5-11-17,18-12-6-2-7-13-18)19-14-8-3-9-15-19/h16-19,21H,1-15H2. The molecule has 0 N–H and O–H groups in total. The van der Waals surface area contributed by atoms with Gasteiger partial charge in [0, 0.05) is 0 Å². The topological polar surface area (TPSA) is 0 Å². The lowest BCUT2D eigenvalue weighted by molar-refractivity contribution is 0.458. The molecule has 0 aromatic carbocycles. The predicted molar refractivity (Wildman–Crippen MR) is 103 cm³/mol. The molecule has 3 fully saturated rings. The summed E-state index contributed by atoms with van der Waals surface area (Å²) in [6, 6.07) is 0. The maximum Gasteiger partial charge on any atom is -0.0201 e. The summed E-state index contributed by atoms with van der Waals surface area (Å²) < 4.78 is 0.